The van der Waals surface area contributed by atoms with Gasteiger partial charge in [0.05, 0.1) is 0 Å². The fourth-order valence-corrected chi connectivity index (χ4v) is 1.17. The Labute approximate surface area is 136 Å². The van der Waals surface area contributed by atoms with Crippen molar-refractivity contribution in [1.82, 2.24) is 0 Å². The molecule has 0 atom stereocenters. The summed E-state index contributed by atoms with van der Waals surface area (Å²) in [7, 11) is 0. The fraction of sp³-hybridized carbons (Fsp3) is 0.400. The van der Waals surface area contributed by atoms with Crippen LogP contribution < -0.4 is 0 Å². The molecule has 0 spiro atoms. The molecule has 0 saturated heterocycles. The van der Waals surface area contributed by atoms with E-state index in [1.165, 1.54) is 18.4 Å². The fourth-order valence-electron chi connectivity index (χ4n) is 1.17. The van der Waals surface area contributed by atoms with Crippen molar-refractivity contribution in [2.45, 2.75) is 54.4 Å². The topological polar surface area (TPSA) is 40.5 Å². The average molecular weight is 304 g/mol. The zero-order valence-electron chi connectivity index (χ0n) is 14.9. The first-order valence-electron chi connectivity index (χ1n) is 7.92. The van der Waals surface area contributed by atoms with E-state index in [9.17, 15) is 0 Å². The molecular formula is C20H32O2. The van der Waals surface area contributed by atoms with Gasteiger partial charge in [0.2, 0.25) is 0 Å². The molecule has 0 aliphatic rings. The molecule has 22 heavy (non-hydrogen) atoms. The summed E-state index contributed by atoms with van der Waals surface area (Å²) in [6.45, 7) is 12.4. The van der Waals surface area contributed by atoms with Gasteiger partial charge in [0.15, 0.2) is 0 Å². The number of aromatic hydroxyl groups is 2. The summed E-state index contributed by atoms with van der Waals surface area (Å²) in [6, 6.07) is 14.2. The molecule has 0 saturated carbocycles. The maximum absolute atomic E-state index is 8.81. The van der Waals surface area contributed by atoms with Gasteiger partial charge < -0.3 is 10.2 Å². The number of hydrogen-bond donors (Lipinski definition) is 2. The van der Waals surface area contributed by atoms with Gasteiger partial charge in [-0.15, -0.1) is 0 Å². The first-order chi connectivity index (χ1) is 10.4. The Hall–Kier alpha value is -1.96. The second-order valence-electron chi connectivity index (χ2n) is 5.09. The Balaban J connectivity index is 0. The summed E-state index contributed by atoms with van der Waals surface area (Å²) >= 11 is 0. The van der Waals surface area contributed by atoms with Crippen LogP contribution in [0.3, 0.4) is 0 Å². The van der Waals surface area contributed by atoms with E-state index >= 15 is 0 Å². The Bertz CT molecular complexity index is 421. The lowest BCUT2D eigenvalue weighted by atomic mass is 10.2. The SMILES string of the molecule is CCC.CCC.Cc1ccc(O)cc1.Cc1cccc(O)c1. The van der Waals surface area contributed by atoms with E-state index < -0.39 is 0 Å². The van der Waals surface area contributed by atoms with Gasteiger partial charge in [-0.05, 0) is 43.7 Å². The molecule has 2 aromatic rings. The minimum atomic E-state index is 0.329. The molecule has 2 rings (SSSR count). The summed E-state index contributed by atoms with van der Waals surface area (Å²) in [5.41, 5.74) is 2.26. The van der Waals surface area contributed by atoms with Crippen molar-refractivity contribution in [2.75, 3.05) is 0 Å². The van der Waals surface area contributed by atoms with Gasteiger partial charge in [0.1, 0.15) is 11.5 Å². The highest BCUT2D eigenvalue weighted by molar-refractivity contribution is 5.25. The monoisotopic (exact) mass is 304 g/mol. The minimum Gasteiger partial charge on any atom is -0.508 e. The summed E-state index contributed by atoms with van der Waals surface area (Å²) in [5.74, 6) is 0.667. The second kappa shape index (κ2) is 15.4. The number of rotatable bonds is 0. The van der Waals surface area contributed by atoms with E-state index in [4.69, 9.17) is 10.2 Å². The van der Waals surface area contributed by atoms with Gasteiger partial charge in [-0.1, -0.05) is 70.4 Å². The second-order valence-corrected chi connectivity index (χ2v) is 5.09. The molecule has 0 bridgehead atoms. The number of benzene rings is 2. The molecule has 2 aromatic carbocycles. The van der Waals surface area contributed by atoms with Gasteiger partial charge in [0, 0.05) is 0 Å². The van der Waals surface area contributed by atoms with Crippen molar-refractivity contribution in [1.29, 1.82) is 0 Å². The van der Waals surface area contributed by atoms with Crippen LogP contribution >= 0.6 is 0 Å². The van der Waals surface area contributed by atoms with Crippen LogP contribution in [0.5, 0.6) is 11.5 Å². The van der Waals surface area contributed by atoms with Crippen LogP contribution in [0.4, 0.5) is 0 Å². The molecular weight excluding hydrogens is 272 g/mol. The quantitative estimate of drug-likeness (QED) is 0.605. The predicted octanol–water partition coefficient (Wildman–Crippen LogP) is 6.23. The number of phenols is 2. The van der Waals surface area contributed by atoms with Gasteiger partial charge in [0.25, 0.3) is 0 Å². The summed E-state index contributed by atoms with van der Waals surface area (Å²) in [6.07, 6.45) is 2.50. The van der Waals surface area contributed by atoms with Crippen molar-refractivity contribution in [3.8, 4) is 11.5 Å². The van der Waals surface area contributed by atoms with Gasteiger partial charge in [-0.3, -0.25) is 0 Å². The number of hydrogen-bond acceptors (Lipinski definition) is 2. The van der Waals surface area contributed by atoms with E-state index in [0.717, 1.165) is 5.56 Å². The standard InChI is InChI=1S/2C7H8O.2C3H8/c1-6-2-4-7(8)5-3-6;1-6-3-2-4-7(8)5-6;2*1-3-2/h2*2-5,8H,1H3;2*3H2,1-2H3. The molecule has 0 aliphatic heterocycles. The number of phenolic OH excluding ortho intramolecular Hbond substituents is 2. The van der Waals surface area contributed by atoms with Crippen molar-refractivity contribution in [3.63, 3.8) is 0 Å². The molecule has 2 nitrogen and oxygen atoms in total. The van der Waals surface area contributed by atoms with Crippen LogP contribution in [-0.4, -0.2) is 10.2 Å². The third-order valence-corrected chi connectivity index (χ3v) is 2.04. The molecule has 0 aliphatic carbocycles. The first kappa shape index (κ1) is 22.3. The van der Waals surface area contributed by atoms with E-state index in [-0.39, 0.29) is 0 Å². The van der Waals surface area contributed by atoms with Crippen LogP contribution in [0.1, 0.15) is 51.7 Å². The maximum atomic E-state index is 8.81. The Morgan fingerprint density at radius 3 is 1.36 bits per heavy atom. The molecule has 2 N–H and O–H groups in total. The normalized spacial score (nSPS) is 8.27. The average Bonchev–Trinajstić information content (AvgIpc) is 2.44. The van der Waals surface area contributed by atoms with Crippen LogP contribution in [0, 0.1) is 13.8 Å². The molecule has 0 heterocycles. The first-order valence-corrected chi connectivity index (χ1v) is 7.92. The lowest BCUT2D eigenvalue weighted by Gasteiger charge is -1.89. The largest absolute Gasteiger partial charge is 0.508 e. The third-order valence-electron chi connectivity index (χ3n) is 2.04. The number of aryl methyl sites for hydroxylation is 2. The van der Waals surface area contributed by atoms with Gasteiger partial charge >= 0.3 is 0 Å². The Morgan fingerprint density at radius 1 is 0.636 bits per heavy atom. The lowest BCUT2D eigenvalue weighted by molar-refractivity contribution is 0.474. The van der Waals surface area contributed by atoms with E-state index in [1.54, 1.807) is 24.3 Å². The van der Waals surface area contributed by atoms with Crippen LogP contribution in [-0.2, 0) is 0 Å². The molecule has 0 fully saturated rings. The molecule has 0 aromatic heterocycles. The van der Waals surface area contributed by atoms with Crippen LogP contribution in [0.2, 0.25) is 0 Å². The molecule has 2 heteroatoms. The van der Waals surface area contributed by atoms with Crippen molar-refractivity contribution in [3.05, 3.63) is 59.7 Å². The highest BCUT2D eigenvalue weighted by Crippen LogP contribution is 2.08. The van der Waals surface area contributed by atoms with Crippen molar-refractivity contribution < 1.29 is 10.2 Å². The summed E-state index contributed by atoms with van der Waals surface area (Å²) < 4.78 is 0. The zero-order chi connectivity index (χ0) is 17.4. The van der Waals surface area contributed by atoms with E-state index in [2.05, 4.69) is 27.7 Å². The molecule has 0 unspecified atom stereocenters. The van der Waals surface area contributed by atoms with Gasteiger partial charge in [-0.25, -0.2) is 0 Å². The highest BCUT2D eigenvalue weighted by atomic mass is 16.3. The van der Waals surface area contributed by atoms with Crippen LogP contribution in [0.15, 0.2) is 48.5 Å². The summed E-state index contributed by atoms with van der Waals surface area (Å²) in [5, 5.41) is 17.6. The summed E-state index contributed by atoms with van der Waals surface area (Å²) in [4.78, 5) is 0. The van der Waals surface area contributed by atoms with Crippen molar-refractivity contribution >= 4 is 0 Å². The third kappa shape index (κ3) is 16.1. The van der Waals surface area contributed by atoms with Crippen molar-refractivity contribution in [2.24, 2.45) is 0 Å². The molecule has 124 valence electrons. The van der Waals surface area contributed by atoms with E-state index in [1.807, 2.05) is 38.1 Å². The zero-order valence-corrected chi connectivity index (χ0v) is 14.9. The molecule has 0 amide bonds. The maximum Gasteiger partial charge on any atom is 0.115 e. The van der Waals surface area contributed by atoms with E-state index in [0.29, 0.717) is 11.5 Å². The minimum absolute atomic E-state index is 0.329. The van der Waals surface area contributed by atoms with Gasteiger partial charge in [-0.2, -0.15) is 0 Å². The Morgan fingerprint density at radius 2 is 1.09 bits per heavy atom. The van der Waals surface area contributed by atoms with Crippen LogP contribution in [0.25, 0.3) is 0 Å². The smallest absolute Gasteiger partial charge is 0.115 e. The lowest BCUT2D eigenvalue weighted by Crippen LogP contribution is -1.66. The highest BCUT2D eigenvalue weighted by Gasteiger charge is 1.83. The predicted molar refractivity (Wildman–Crippen MR) is 97.6 cm³/mol. The molecule has 0 radical (unpaired) electrons. The Kier molecular flexibility index (Phi) is 15.7.